The van der Waals surface area contributed by atoms with Gasteiger partial charge in [-0.1, -0.05) is 17.2 Å². The molecule has 0 rings (SSSR count). The lowest BCUT2D eigenvalue weighted by molar-refractivity contribution is 0.317. The zero-order valence-electron chi connectivity index (χ0n) is 5.15. The molecule has 0 aromatic heterocycles. The summed E-state index contributed by atoms with van der Waals surface area (Å²) in [4.78, 5) is 2.50. The van der Waals surface area contributed by atoms with Crippen LogP contribution in [0.5, 0.6) is 0 Å². The Hall–Kier alpha value is -1.22. The van der Waals surface area contributed by atoms with Crippen molar-refractivity contribution in [2.24, 2.45) is 10.3 Å². The highest BCUT2D eigenvalue weighted by atomic mass is 16.4. The predicted octanol–water partition coefficient (Wildman–Crippen LogP) is 1.54. The molecule has 0 heterocycles. The number of nitrogens with zero attached hydrogens (tertiary/aromatic N) is 4. The van der Waals surface area contributed by atoms with Crippen LogP contribution in [-0.4, -0.2) is 17.5 Å². The van der Waals surface area contributed by atoms with Gasteiger partial charge in [0.15, 0.2) is 0 Å². The molecule has 0 amide bonds. The van der Waals surface area contributed by atoms with Gasteiger partial charge in [-0.15, -0.1) is 0 Å². The van der Waals surface area contributed by atoms with Crippen molar-refractivity contribution in [1.29, 1.82) is 0 Å². The Morgan fingerprint density at radius 1 is 1.78 bits per heavy atom. The van der Waals surface area contributed by atoms with E-state index in [1.165, 1.54) is 0 Å². The van der Waals surface area contributed by atoms with E-state index in [4.69, 9.17) is 10.7 Å². The van der Waals surface area contributed by atoms with Crippen molar-refractivity contribution in [3.05, 3.63) is 10.4 Å². The molecular weight excluding hydrogens is 120 g/mol. The van der Waals surface area contributed by atoms with E-state index < -0.39 is 0 Å². The van der Waals surface area contributed by atoms with E-state index in [9.17, 15) is 0 Å². The lowest BCUT2D eigenvalue weighted by Crippen LogP contribution is -1.99. The molecule has 0 spiro atoms. The number of azide groups is 1. The highest BCUT2D eigenvalue weighted by Crippen LogP contribution is 1.85. The van der Waals surface area contributed by atoms with Crippen LogP contribution in [0.25, 0.3) is 10.4 Å². The number of hydrogen-bond donors (Lipinski definition) is 1. The molecule has 0 fully saturated rings. The molecule has 0 aliphatic heterocycles. The maximum absolute atomic E-state index is 8.16. The highest BCUT2D eigenvalue weighted by molar-refractivity contribution is 5.85. The first-order chi connectivity index (χ1) is 4.35. The van der Waals surface area contributed by atoms with Gasteiger partial charge in [0, 0.05) is 4.91 Å². The summed E-state index contributed by atoms with van der Waals surface area (Å²) in [7, 11) is 0. The van der Waals surface area contributed by atoms with Crippen LogP contribution >= 0.6 is 0 Å². The lowest BCUT2D eigenvalue weighted by atomic mass is 10.3. The number of oxime groups is 1. The van der Waals surface area contributed by atoms with Crippen molar-refractivity contribution in [3.8, 4) is 0 Å². The van der Waals surface area contributed by atoms with Gasteiger partial charge in [0.25, 0.3) is 0 Å². The fourth-order valence-corrected chi connectivity index (χ4v) is 0.327. The van der Waals surface area contributed by atoms with Gasteiger partial charge in [0.1, 0.15) is 0 Å². The topological polar surface area (TPSA) is 81.4 Å². The second kappa shape index (κ2) is 4.93. The van der Waals surface area contributed by atoms with Crippen LogP contribution in [0.4, 0.5) is 0 Å². The van der Waals surface area contributed by atoms with Crippen molar-refractivity contribution in [1.82, 2.24) is 0 Å². The summed E-state index contributed by atoms with van der Waals surface area (Å²) in [5.74, 6) is 0. The minimum Gasteiger partial charge on any atom is -0.411 e. The maximum atomic E-state index is 8.16. The van der Waals surface area contributed by atoms with Crippen LogP contribution < -0.4 is 0 Å². The van der Waals surface area contributed by atoms with E-state index in [0.29, 0.717) is 12.1 Å². The lowest BCUT2D eigenvalue weighted by Gasteiger charge is -1.90. The molecule has 0 saturated heterocycles. The summed E-state index contributed by atoms with van der Waals surface area (Å²) in [6, 6.07) is 0. The summed E-state index contributed by atoms with van der Waals surface area (Å²) in [5.41, 5.74) is 8.32. The van der Waals surface area contributed by atoms with Gasteiger partial charge in [0.05, 0.1) is 12.3 Å². The molecule has 0 saturated carbocycles. The summed E-state index contributed by atoms with van der Waals surface area (Å²) >= 11 is 0. The van der Waals surface area contributed by atoms with Crippen molar-refractivity contribution < 1.29 is 5.21 Å². The van der Waals surface area contributed by atoms with Gasteiger partial charge in [-0.25, -0.2) is 0 Å². The van der Waals surface area contributed by atoms with E-state index in [-0.39, 0.29) is 6.54 Å². The van der Waals surface area contributed by atoms with Gasteiger partial charge in [-0.05, 0) is 12.0 Å². The van der Waals surface area contributed by atoms with E-state index in [1.54, 1.807) is 0 Å². The zero-order valence-corrected chi connectivity index (χ0v) is 5.15. The number of rotatable bonds is 3. The SMILES string of the molecule is CC/C(CN=[N+]=[N-])=N\O. The Bertz CT molecular complexity index is 147. The van der Waals surface area contributed by atoms with Crippen LogP contribution in [0.3, 0.4) is 0 Å². The third kappa shape index (κ3) is 3.37. The molecule has 0 atom stereocenters. The summed E-state index contributed by atoms with van der Waals surface area (Å²) in [6.07, 6.45) is 0.607. The van der Waals surface area contributed by atoms with Crippen molar-refractivity contribution in [2.75, 3.05) is 6.54 Å². The molecule has 0 radical (unpaired) electrons. The Kier molecular flexibility index (Phi) is 4.26. The molecule has 1 N–H and O–H groups in total. The molecule has 9 heavy (non-hydrogen) atoms. The van der Waals surface area contributed by atoms with Crippen LogP contribution in [0.15, 0.2) is 10.3 Å². The first-order valence-corrected chi connectivity index (χ1v) is 2.55. The smallest absolute Gasteiger partial charge is 0.0677 e. The van der Waals surface area contributed by atoms with Gasteiger partial charge >= 0.3 is 0 Å². The second-order valence-corrected chi connectivity index (χ2v) is 1.41. The molecule has 0 aliphatic rings. The molecule has 0 unspecified atom stereocenters. The van der Waals surface area contributed by atoms with Crippen molar-refractivity contribution in [3.63, 3.8) is 0 Å². The van der Waals surface area contributed by atoms with Gasteiger partial charge < -0.3 is 5.21 Å². The van der Waals surface area contributed by atoms with Crippen molar-refractivity contribution >= 4 is 5.71 Å². The van der Waals surface area contributed by atoms with Gasteiger partial charge in [0.2, 0.25) is 0 Å². The maximum Gasteiger partial charge on any atom is 0.0677 e. The van der Waals surface area contributed by atoms with E-state index in [2.05, 4.69) is 15.2 Å². The molecule has 0 aliphatic carbocycles. The Morgan fingerprint density at radius 2 is 2.44 bits per heavy atom. The minimum absolute atomic E-state index is 0.156. The molecule has 0 aromatic rings. The van der Waals surface area contributed by atoms with Crippen LogP contribution in [0.2, 0.25) is 0 Å². The highest BCUT2D eigenvalue weighted by Gasteiger charge is 1.90. The van der Waals surface area contributed by atoms with Crippen LogP contribution in [0, 0.1) is 0 Å². The average Bonchev–Trinajstić information content (AvgIpc) is 1.91. The largest absolute Gasteiger partial charge is 0.411 e. The van der Waals surface area contributed by atoms with Crippen LogP contribution in [0.1, 0.15) is 13.3 Å². The van der Waals surface area contributed by atoms with Crippen LogP contribution in [-0.2, 0) is 0 Å². The van der Waals surface area contributed by atoms with Gasteiger partial charge in [-0.3, -0.25) is 0 Å². The fourth-order valence-electron chi connectivity index (χ4n) is 0.327. The zero-order chi connectivity index (χ0) is 7.11. The third-order valence-electron chi connectivity index (χ3n) is 0.866. The first-order valence-electron chi connectivity index (χ1n) is 2.55. The third-order valence-corrected chi connectivity index (χ3v) is 0.866. The minimum atomic E-state index is 0.156. The van der Waals surface area contributed by atoms with E-state index in [0.717, 1.165) is 0 Å². The molecule has 5 nitrogen and oxygen atoms in total. The summed E-state index contributed by atoms with van der Waals surface area (Å²) in [5, 5.41) is 14.3. The molecule has 5 heteroatoms. The Balaban J connectivity index is 3.71. The van der Waals surface area contributed by atoms with Crippen molar-refractivity contribution in [2.45, 2.75) is 13.3 Å². The van der Waals surface area contributed by atoms with E-state index in [1.807, 2.05) is 6.92 Å². The normalized spacial score (nSPS) is 10.6. The quantitative estimate of drug-likeness (QED) is 0.153. The summed E-state index contributed by atoms with van der Waals surface area (Å²) < 4.78 is 0. The predicted molar refractivity (Wildman–Crippen MR) is 33.5 cm³/mol. The first kappa shape index (κ1) is 7.78. The summed E-state index contributed by atoms with van der Waals surface area (Å²) in [6.45, 7) is 1.98. The monoisotopic (exact) mass is 128 g/mol. The molecule has 50 valence electrons. The number of hydrogen-bond acceptors (Lipinski definition) is 3. The Labute approximate surface area is 52.6 Å². The molecule has 0 aromatic carbocycles. The Morgan fingerprint density at radius 3 is 2.78 bits per heavy atom. The second-order valence-electron chi connectivity index (χ2n) is 1.41. The van der Waals surface area contributed by atoms with E-state index >= 15 is 0 Å². The standard InChI is InChI=1S/C4H8N4O/c1-2-4(7-9)3-6-8-5/h9H,2-3H2,1H3/b7-4+. The molecular formula is C4H8N4O. The van der Waals surface area contributed by atoms with Gasteiger partial charge in [-0.2, -0.15) is 0 Å². The average molecular weight is 128 g/mol. The molecule has 0 bridgehead atoms. The fraction of sp³-hybridized carbons (Fsp3) is 0.750.